The molecule has 2 N–H and O–H groups in total. The maximum Gasteiger partial charge on any atom is 0.252 e. The Morgan fingerprint density at radius 3 is 2.88 bits per heavy atom. The molecular weight excluding hydrogens is 424 g/mol. The molecule has 174 valence electrons. The molecule has 1 amide bonds. The highest BCUT2D eigenvalue weighted by Crippen LogP contribution is 2.48. The second-order valence-electron chi connectivity index (χ2n) is 9.73. The maximum atomic E-state index is 13.2. The number of ether oxygens (including phenoxy) is 1. The molecule has 0 bridgehead atoms. The Morgan fingerprint density at radius 2 is 2.06 bits per heavy atom. The predicted molar refractivity (Wildman–Crippen MR) is 136 cm³/mol. The lowest BCUT2D eigenvalue weighted by molar-refractivity contribution is 0.0658. The Bertz CT molecular complexity index is 1440. The first kappa shape index (κ1) is 21.4. The molecule has 2 heterocycles. The van der Waals surface area contributed by atoms with Crippen LogP contribution in [0.5, 0.6) is 0 Å². The molecule has 6 rings (SSSR count). The van der Waals surface area contributed by atoms with Gasteiger partial charge in [-0.25, -0.2) is 0 Å². The number of rotatable bonds is 6. The van der Waals surface area contributed by atoms with Crippen molar-refractivity contribution in [3.8, 4) is 0 Å². The number of benzene rings is 2. The van der Waals surface area contributed by atoms with E-state index >= 15 is 0 Å². The van der Waals surface area contributed by atoms with E-state index in [0.717, 1.165) is 47.2 Å². The summed E-state index contributed by atoms with van der Waals surface area (Å²) in [5.74, 6) is 0.0367. The van der Waals surface area contributed by atoms with Crippen LogP contribution in [-0.2, 0) is 30.9 Å². The first-order valence-electron chi connectivity index (χ1n) is 12.3. The average Bonchev–Trinajstić information content (AvgIpc) is 3.41. The van der Waals surface area contributed by atoms with Crippen LogP contribution >= 0.6 is 0 Å². The summed E-state index contributed by atoms with van der Waals surface area (Å²) in [6, 6.07) is 6.56. The van der Waals surface area contributed by atoms with E-state index in [-0.39, 0.29) is 18.6 Å². The Morgan fingerprint density at radius 1 is 1.18 bits per heavy atom. The van der Waals surface area contributed by atoms with Gasteiger partial charge in [0, 0.05) is 42.4 Å². The first-order valence-corrected chi connectivity index (χ1v) is 12.3. The van der Waals surface area contributed by atoms with Gasteiger partial charge in [-0.15, -0.1) is 0 Å². The molecule has 1 aromatic heterocycles. The minimum absolute atomic E-state index is 0.0367. The summed E-state index contributed by atoms with van der Waals surface area (Å²) < 4.78 is 8.27. The van der Waals surface area contributed by atoms with E-state index in [1.807, 2.05) is 13.8 Å². The maximum absolute atomic E-state index is 13.2. The normalized spacial score (nSPS) is 16.5. The van der Waals surface area contributed by atoms with Gasteiger partial charge in [0.25, 0.3) is 5.91 Å². The number of aromatic nitrogens is 1. The van der Waals surface area contributed by atoms with E-state index in [1.165, 1.54) is 33.0 Å². The summed E-state index contributed by atoms with van der Waals surface area (Å²) in [6.07, 6.45) is 11.1. The molecule has 5 nitrogen and oxygen atoms in total. The number of nitrogens with zero attached hydrogens (tertiary/aromatic N) is 1. The van der Waals surface area contributed by atoms with Gasteiger partial charge >= 0.3 is 0 Å². The van der Waals surface area contributed by atoms with Crippen LogP contribution in [-0.4, -0.2) is 28.3 Å². The Labute approximate surface area is 199 Å². The summed E-state index contributed by atoms with van der Waals surface area (Å²) in [5.41, 5.74) is 10.5. The van der Waals surface area contributed by atoms with Gasteiger partial charge in [-0.1, -0.05) is 30.4 Å². The van der Waals surface area contributed by atoms with Crippen molar-refractivity contribution in [1.29, 1.82) is 0 Å². The van der Waals surface area contributed by atoms with E-state index in [4.69, 9.17) is 4.74 Å². The monoisotopic (exact) mass is 454 g/mol. The molecule has 34 heavy (non-hydrogen) atoms. The molecule has 1 aliphatic heterocycles. The smallest absolute Gasteiger partial charge is 0.252 e. The van der Waals surface area contributed by atoms with Crippen molar-refractivity contribution in [3.05, 3.63) is 75.9 Å². The summed E-state index contributed by atoms with van der Waals surface area (Å²) in [5, 5.41) is 15.1. The molecule has 0 saturated carbocycles. The lowest BCUT2D eigenvalue weighted by Gasteiger charge is -2.14. The fourth-order valence-electron chi connectivity index (χ4n) is 5.86. The van der Waals surface area contributed by atoms with Crippen molar-refractivity contribution in [2.24, 2.45) is 0 Å². The molecule has 3 aromatic rings. The largest absolute Gasteiger partial charge is 0.396 e. The third-order valence-corrected chi connectivity index (χ3v) is 7.27. The molecule has 0 spiro atoms. The van der Waals surface area contributed by atoms with Crippen LogP contribution in [0, 0.1) is 0 Å². The van der Waals surface area contributed by atoms with E-state index in [1.54, 1.807) is 0 Å². The topological polar surface area (TPSA) is 63.5 Å². The standard InChI is InChI=1S/C29H30N2O3/c1-17(2)34-16-18-9-10-24-21(13-18)26-23-15-30-29(33)27(23)25-20-8-5-3-4-7-19(20)14-22(25)28(26)31(24)11-6-12-32/h3-5,7,9-10,13,17,32H,6,8,11-12,14-16H2,1-2H3,(H,30,33). The van der Waals surface area contributed by atoms with Crippen LogP contribution in [0.2, 0.25) is 0 Å². The number of nitrogens with one attached hydrogen (secondary N) is 1. The highest BCUT2D eigenvalue weighted by atomic mass is 16.5. The number of hydrogen-bond acceptors (Lipinski definition) is 3. The lowest BCUT2D eigenvalue weighted by atomic mass is 9.90. The fourth-order valence-corrected chi connectivity index (χ4v) is 5.86. The molecule has 2 aromatic carbocycles. The van der Waals surface area contributed by atoms with Gasteiger partial charge in [-0.05, 0) is 72.2 Å². The van der Waals surface area contributed by atoms with E-state index < -0.39 is 0 Å². The molecule has 5 heteroatoms. The summed E-state index contributed by atoms with van der Waals surface area (Å²) in [6.45, 7) is 6.11. The average molecular weight is 455 g/mol. The van der Waals surface area contributed by atoms with Gasteiger partial charge in [0.2, 0.25) is 0 Å². The quantitative estimate of drug-likeness (QED) is 0.540. The van der Waals surface area contributed by atoms with E-state index in [9.17, 15) is 9.90 Å². The Hall–Kier alpha value is -3.15. The highest BCUT2D eigenvalue weighted by molar-refractivity contribution is 6.19. The number of aliphatic hydroxyl groups is 1. The third kappa shape index (κ3) is 3.18. The van der Waals surface area contributed by atoms with Crippen LogP contribution in [0.1, 0.15) is 59.3 Å². The highest BCUT2D eigenvalue weighted by Gasteiger charge is 2.36. The molecule has 3 aliphatic rings. The summed E-state index contributed by atoms with van der Waals surface area (Å²) >= 11 is 0. The number of amides is 1. The summed E-state index contributed by atoms with van der Waals surface area (Å²) in [4.78, 5) is 13.2. The number of fused-ring (bicyclic) bond motifs is 9. The minimum Gasteiger partial charge on any atom is -0.396 e. The molecule has 0 fully saturated rings. The van der Waals surface area contributed by atoms with Crippen molar-refractivity contribution in [1.82, 2.24) is 9.88 Å². The zero-order chi connectivity index (χ0) is 23.4. The van der Waals surface area contributed by atoms with Crippen molar-refractivity contribution < 1.29 is 14.6 Å². The SMILES string of the molecule is CC(C)OCc1ccc2c(c1)c1c3c(c4c(c1n2CCCO)CC1=C4CC=CC=C1)C(=O)NC3. The molecule has 0 saturated heterocycles. The van der Waals surface area contributed by atoms with Crippen LogP contribution in [0.15, 0.2) is 48.1 Å². The molecule has 0 radical (unpaired) electrons. The number of allylic oxidation sites excluding steroid dienone is 6. The van der Waals surface area contributed by atoms with E-state index in [2.05, 4.69) is 52.4 Å². The number of carbonyl (C=O) groups is 1. The second kappa shape index (κ2) is 8.26. The van der Waals surface area contributed by atoms with Gasteiger partial charge in [0.15, 0.2) is 0 Å². The zero-order valence-electron chi connectivity index (χ0n) is 19.8. The second-order valence-corrected chi connectivity index (χ2v) is 9.73. The van der Waals surface area contributed by atoms with Crippen molar-refractivity contribution in [3.63, 3.8) is 0 Å². The number of carbonyl (C=O) groups excluding carboxylic acids is 1. The molecular formula is C29H30N2O3. The predicted octanol–water partition coefficient (Wildman–Crippen LogP) is 5.17. The van der Waals surface area contributed by atoms with E-state index in [0.29, 0.717) is 19.6 Å². The van der Waals surface area contributed by atoms with Crippen LogP contribution < -0.4 is 5.32 Å². The van der Waals surface area contributed by atoms with Gasteiger partial charge in [-0.3, -0.25) is 4.79 Å². The number of hydrogen-bond donors (Lipinski definition) is 2. The van der Waals surface area contributed by atoms with Crippen LogP contribution in [0.25, 0.3) is 27.4 Å². The third-order valence-electron chi connectivity index (χ3n) is 7.27. The zero-order valence-corrected chi connectivity index (χ0v) is 19.8. The Kier molecular flexibility index (Phi) is 5.19. The van der Waals surface area contributed by atoms with Crippen molar-refractivity contribution in [2.45, 2.75) is 58.9 Å². The van der Waals surface area contributed by atoms with Crippen LogP contribution in [0.4, 0.5) is 0 Å². The van der Waals surface area contributed by atoms with Crippen molar-refractivity contribution >= 4 is 33.3 Å². The molecule has 2 aliphatic carbocycles. The first-order chi connectivity index (χ1) is 16.6. The minimum atomic E-state index is 0.0367. The molecule has 0 unspecified atom stereocenters. The van der Waals surface area contributed by atoms with Gasteiger partial charge in [0.05, 0.1) is 23.8 Å². The summed E-state index contributed by atoms with van der Waals surface area (Å²) in [7, 11) is 0. The lowest BCUT2D eigenvalue weighted by Crippen LogP contribution is -2.14. The van der Waals surface area contributed by atoms with Gasteiger partial charge in [-0.2, -0.15) is 0 Å². The number of aliphatic hydroxyl groups excluding tert-OH is 1. The van der Waals surface area contributed by atoms with Crippen LogP contribution in [0.3, 0.4) is 0 Å². The fraction of sp³-hybridized carbons (Fsp3) is 0.345. The van der Waals surface area contributed by atoms with Crippen molar-refractivity contribution in [2.75, 3.05) is 6.61 Å². The molecule has 0 atom stereocenters. The number of aryl methyl sites for hydroxylation is 1. The van der Waals surface area contributed by atoms with Gasteiger partial charge < -0.3 is 19.7 Å². The Balaban J connectivity index is 1.67. The van der Waals surface area contributed by atoms with Gasteiger partial charge in [0.1, 0.15) is 0 Å².